The summed E-state index contributed by atoms with van der Waals surface area (Å²) in [4.78, 5) is 12.3. The topological polar surface area (TPSA) is 41.1 Å². The van der Waals surface area contributed by atoms with Gasteiger partial charge in [0.25, 0.3) is 0 Å². The number of hydrogen-bond acceptors (Lipinski definition) is 2. The number of anilines is 1. The molecule has 1 heterocycles. The molecule has 0 bridgehead atoms. The molecule has 2 aromatic carbocycles. The zero-order valence-electron chi connectivity index (χ0n) is 12.2. The van der Waals surface area contributed by atoms with Crippen LogP contribution in [0.1, 0.15) is 36.4 Å². The Morgan fingerprint density at radius 3 is 2.71 bits per heavy atom. The maximum atomic E-state index is 12.3. The van der Waals surface area contributed by atoms with E-state index in [0.29, 0.717) is 6.42 Å². The number of rotatable bonds is 4. The Bertz CT molecular complexity index is 624. The van der Waals surface area contributed by atoms with Crippen molar-refractivity contribution < 1.29 is 4.79 Å². The summed E-state index contributed by atoms with van der Waals surface area (Å²) >= 11 is 0. The fourth-order valence-electron chi connectivity index (χ4n) is 2.89. The molecule has 1 amide bonds. The minimum atomic E-state index is 0.0447. The first-order valence-corrected chi connectivity index (χ1v) is 7.41. The number of nitrogens with one attached hydrogen (secondary N) is 2. The Hall–Kier alpha value is -2.29. The van der Waals surface area contributed by atoms with E-state index in [0.717, 1.165) is 17.8 Å². The van der Waals surface area contributed by atoms with Gasteiger partial charge >= 0.3 is 0 Å². The van der Waals surface area contributed by atoms with Gasteiger partial charge in [0, 0.05) is 24.6 Å². The SMILES string of the molecule is C[C@H](NC(=O)CC1CNc2ccccc21)c1ccccc1. The zero-order chi connectivity index (χ0) is 14.7. The molecule has 1 aliphatic rings. The Labute approximate surface area is 125 Å². The summed E-state index contributed by atoms with van der Waals surface area (Å²) in [6.07, 6.45) is 0.529. The van der Waals surface area contributed by atoms with Crippen molar-refractivity contribution >= 4 is 11.6 Å². The van der Waals surface area contributed by atoms with Gasteiger partial charge in [-0.15, -0.1) is 0 Å². The van der Waals surface area contributed by atoms with E-state index in [1.165, 1.54) is 5.56 Å². The van der Waals surface area contributed by atoms with E-state index < -0.39 is 0 Å². The highest BCUT2D eigenvalue weighted by molar-refractivity contribution is 5.78. The molecule has 0 saturated carbocycles. The van der Waals surface area contributed by atoms with E-state index in [1.54, 1.807) is 0 Å². The van der Waals surface area contributed by atoms with Crippen molar-refractivity contribution in [2.75, 3.05) is 11.9 Å². The van der Waals surface area contributed by atoms with Crippen LogP contribution in [-0.2, 0) is 4.79 Å². The van der Waals surface area contributed by atoms with Gasteiger partial charge in [0.1, 0.15) is 0 Å². The van der Waals surface area contributed by atoms with Crippen molar-refractivity contribution in [1.82, 2.24) is 5.32 Å². The zero-order valence-corrected chi connectivity index (χ0v) is 12.2. The van der Waals surface area contributed by atoms with Crippen molar-refractivity contribution in [1.29, 1.82) is 0 Å². The number of carbonyl (C=O) groups excluding carboxylic acids is 1. The number of para-hydroxylation sites is 1. The summed E-state index contributed by atoms with van der Waals surface area (Å²) in [5.74, 6) is 0.374. The van der Waals surface area contributed by atoms with Gasteiger partial charge in [-0.3, -0.25) is 4.79 Å². The highest BCUT2D eigenvalue weighted by atomic mass is 16.1. The standard InChI is InChI=1S/C18H20N2O/c1-13(14-7-3-2-4-8-14)20-18(21)11-15-12-19-17-10-6-5-9-16(15)17/h2-10,13,15,19H,11-12H2,1H3,(H,20,21)/t13-,15?/m0/s1. The molecule has 0 spiro atoms. The van der Waals surface area contributed by atoms with Gasteiger partial charge in [-0.2, -0.15) is 0 Å². The van der Waals surface area contributed by atoms with Crippen LogP contribution in [0.25, 0.3) is 0 Å². The summed E-state index contributed by atoms with van der Waals surface area (Å²) < 4.78 is 0. The maximum absolute atomic E-state index is 12.3. The van der Waals surface area contributed by atoms with Crippen LogP contribution < -0.4 is 10.6 Å². The van der Waals surface area contributed by atoms with E-state index in [4.69, 9.17) is 0 Å². The van der Waals surface area contributed by atoms with E-state index >= 15 is 0 Å². The van der Waals surface area contributed by atoms with E-state index in [1.807, 2.05) is 49.4 Å². The third kappa shape index (κ3) is 3.07. The molecule has 108 valence electrons. The summed E-state index contributed by atoms with van der Waals surface area (Å²) in [6.45, 7) is 2.86. The van der Waals surface area contributed by atoms with Gasteiger partial charge in [-0.05, 0) is 24.1 Å². The largest absolute Gasteiger partial charge is 0.384 e. The lowest BCUT2D eigenvalue weighted by molar-refractivity contribution is -0.122. The highest BCUT2D eigenvalue weighted by Gasteiger charge is 2.24. The van der Waals surface area contributed by atoms with E-state index in [9.17, 15) is 4.79 Å². The van der Waals surface area contributed by atoms with Crippen LogP contribution in [0.3, 0.4) is 0 Å². The summed E-state index contributed by atoms with van der Waals surface area (Å²) in [5.41, 5.74) is 3.54. The monoisotopic (exact) mass is 280 g/mol. The van der Waals surface area contributed by atoms with Crippen LogP contribution in [0.5, 0.6) is 0 Å². The molecule has 0 aliphatic carbocycles. The van der Waals surface area contributed by atoms with E-state index in [2.05, 4.69) is 22.8 Å². The molecule has 1 aliphatic heterocycles. The smallest absolute Gasteiger partial charge is 0.221 e. The van der Waals surface area contributed by atoms with Crippen LogP contribution in [0, 0.1) is 0 Å². The molecular formula is C18H20N2O. The lowest BCUT2D eigenvalue weighted by Gasteiger charge is -2.16. The Kier molecular flexibility index (Phi) is 3.91. The first kappa shape index (κ1) is 13.7. The third-order valence-corrected chi connectivity index (χ3v) is 4.05. The van der Waals surface area contributed by atoms with Crippen molar-refractivity contribution in [3.8, 4) is 0 Å². The number of benzene rings is 2. The second kappa shape index (κ2) is 6.00. The molecule has 1 unspecified atom stereocenters. The van der Waals surface area contributed by atoms with Crippen LogP contribution in [0.2, 0.25) is 0 Å². The van der Waals surface area contributed by atoms with Gasteiger partial charge in [-0.25, -0.2) is 0 Å². The second-order valence-corrected chi connectivity index (χ2v) is 5.57. The first-order valence-electron chi connectivity index (χ1n) is 7.41. The fourth-order valence-corrected chi connectivity index (χ4v) is 2.89. The van der Waals surface area contributed by atoms with Crippen LogP contribution in [0.4, 0.5) is 5.69 Å². The summed E-state index contributed by atoms with van der Waals surface area (Å²) in [6, 6.07) is 18.3. The molecule has 0 fully saturated rings. The molecule has 0 aromatic heterocycles. The molecule has 0 saturated heterocycles. The predicted octanol–water partition coefficient (Wildman–Crippen LogP) is 3.46. The van der Waals surface area contributed by atoms with Crippen molar-refractivity contribution in [2.45, 2.75) is 25.3 Å². The third-order valence-electron chi connectivity index (χ3n) is 4.05. The molecule has 3 heteroatoms. The highest BCUT2D eigenvalue weighted by Crippen LogP contribution is 2.33. The van der Waals surface area contributed by atoms with Crippen molar-refractivity contribution in [3.05, 3.63) is 65.7 Å². The Balaban J connectivity index is 1.61. The molecule has 3 rings (SSSR count). The minimum Gasteiger partial charge on any atom is -0.384 e. The fraction of sp³-hybridized carbons (Fsp3) is 0.278. The van der Waals surface area contributed by atoms with Crippen LogP contribution in [0.15, 0.2) is 54.6 Å². The molecule has 0 radical (unpaired) electrons. The molecule has 21 heavy (non-hydrogen) atoms. The molecule has 2 atom stereocenters. The molecule has 2 aromatic rings. The second-order valence-electron chi connectivity index (χ2n) is 5.57. The first-order chi connectivity index (χ1) is 10.2. The van der Waals surface area contributed by atoms with Crippen molar-refractivity contribution in [2.24, 2.45) is 0 Å². The summed E-state index contributed by atoms with van der Waals surface area (Å²) in [5, 5.41) is 6.45. The van der Waals surface area contributed by atoms with E-state index in [-0.39, 0.29) is 17.9 Å². The van der Waals surface area contributed by atoms with Crippen molar-refractivity contribution in [3.63, 3.8) is 0 Å². The average molecular weight is 280 g/mol. The average Bonchev–Trinajstić information content (AvgIpc) is 2.91. The maximum Gasteiger partial charge on any atom is 0.221 e. The van der Waals surface area contributed by atoms with Gasteiger partial charge in [0.2, 0.25) is 5.91 Å². The Morgan fingerprint density at radius 1 is 1.19 bits per heavy atom. The van der Waals surface area contributed by atoms with Crippen LogP contribution >= 0.6 is 0 Å². The lowest BCUT2D eigenvalue weighted by Crippen LogP contribution is -2.28. The quantitative estimate of drug-likeness (QED) is 0.900. The lowest BCUT2D eigenvalue weighted by atomic mass is 9.97. The van der Waals surface area contributed by atoms with Gasteiger partial charge in [0.15, 0.2) is 0 Å². The molecule has 2 N–H and O–H groups in total. The van der Waals surface area contributed by atoms with Gasteiger partial charge < -0.3 is 10.6 Å². The Morgan fingerprint density at radius 2 is 1.90 bits per heavy atom. The van der Waals surface area contributed by atoms with Gasteiger partial charge in [-0.1, -0.05) is 48.5 Å². The predicted molar refractivity (Wildman–Crippen MR) is 85.3 cm³/mol. The number of carbonyl (C=O) groups is 1. The molecule has 3 nitrogen and oxygen atoms in total. The number of amides is 1. The van der Waals surface area contributed by atoms with Crippen LogP contribution in [-0.4, -0.2) is 12.5 Å². The van der Waals surface area contributed by atoms with Gasteiger partial charge in [0.05, 0.1) is 6.04 Å². The number of hydrogen-bond donors (Lipinski definition) is 2. The summed E-state index contributed by atoms with van der Waals surface area (Å²) in [7, 11) is 0. The number of fused-ring (bicyclic) bond motifs is 1. The normalized spacial score (nSPS) is 17.7. The minimum absolute atomic E-state index is 0.0447. The molecular weight excluding hydrogens is 260 g/mol.